The molecule has 0 fully saturated rings. The lowest BCUT2D eigenvalue weighted by Gasteiger charge is -2.13. The number of ether oxygens (including phenoxy) is 2. The number of hydrazine groups is 1. The molecule has 0 unspecified atom stereocenters. The largest absolute Gasteiger partial charge is 0.496 e. The van der Waals surface area contributed by atoms with Crippen LogP contribution in [0.5, 0.6) is 11.5 Å². The van der Waals surface area contributed by atoms with E-state index < -0.39 is 11.8 Å². The number of thiocarbonyl (C=S) groups is 1. The second-order valence-electron chi connectivity index (χ2n) is 5.21. The highest BCUT2D eigenvalue weighted by atomic mass is 32.1. The molecule has 0 bridgehead atoms. The first-order valence-corrected chi connectivity index (χ1v) is 8.13. The summed E-state index contributed by atoms with van der Waals surface area (Å²) < 4.78 is 10.5. The van der Waals surface area contributed by atoms with Gasteiger partial charge in [0.2, 0.25) is 0 Å². The highest BCUT2D eigenvalue weighted by Crippen LogP contribution is 2.17. The molecule has 2 amide bonds. The molecule has 26 heavy (non-hydrogen) atoms. The van der Waals surface area contributed by atoms with Crippen LogP contribution in [0, 0.1) is 6.92 Å². The molecule has 2 aromatic carbocycles. The van der Waals surface area contributed by atoms with E-state index in [2.05, 4.69) is 16.2 Å². The van der Waals surface area contributed by atoms with E-state index in [1.165, 1.54) is 7.11 Å². The molecule has 0 saturated heterocycles. The fraction of sp³-hybridized carbons (Fsp3) is 0.167. The van der Waals surface area contributed by atoms with Crippen molar-refractivity contribution in [1.82, 2.24) is 16.2 Å². The Kier molecular flexibility index (Phi) is 6.92. The van der Waals surface area contributed by atoms with Crippen LogP contribution in [-0.2, 0) is 4.79 Å². The van der Waals surface area contributed by atoms with Crippen LogP contribution in [0.15, 0.2) is 48.5 Å². The Labute approximate surface area is 156 Å². The van der Waals surface area contributed by atoms with Gasteiger partial charge in [-0.15, -0.1) is 0 Å². The topological polar surface area (TPSA) is 88.7 Å². The Bertz CT molecular complexity index is 811. The summed E-state index contributed by atoms with van der Waals surface area (Å²) in [6.45, 7) is 1.69. The van der Waals surface area contributed by atoms with Gasteiger partial charge < -0.3 is 9.47 Å². The molecule has 136 valence electrons. The number of methoxy groups -OCH3 is 1. The molecule has 0 aliphatic heterocycles. The number of benzene rings is 2. The summed E-state index contributed by atoms with van der Waals surface area (Å²) in [5.41, 5.74) is 6.06. The minimum Gasteiger partial charge on any atom is -0.496 e. The molecule has 2 rings (SSSR count). The lowest BCUT2D eigenvalue weighted by Crippen LogP contribution is -2.49. The lowest BCUT2D eigenvalue weighted by atomic mass is 10.2. The number of carbonyl (C=O) groups is 2. The minimum atomic E-state index is -0.453. The van der Waals surface area contributed by atoms with Crippen molar-refractivity contribution in [2.75, 3.05) is 13.7 Å². The molecule has 0 spiro atoms. The van der Waals surface area contributed by atoms with Crippen LogP contribution in [0.3, 0.4) is 0 Å². The van der Waals surface area contributed by atoms with Gasteiger partial charge >= 0.3 is 0 Å². The molecule has 0 radical (unpaired) electrons. The number of amides is 2. The van der Waals surface area contributed by atoms with Crippen molar-refractivity contribution < 1.29 is 19.1 Å². The SMILES string of the molecule is COc1ccccc1C(=O)NC(=S)NNC(=O)COc1ccccc1C. The molecular weight excluding hydrogens is 354 g/mol. The molecular formula is C18H19N3O4S. The molecule has 7 nitrogen and oxygen atoms in total. The highest BCUT2D eigenvalue weighted by Gasteiger charge is 2.13. The number of para-hydroxylation sites is 2. The number of hydrogen-bond acceptors (Lipinski definition) is 5. The number of rotatable bonds is 5. The summed E-state index contributed by atoms with van der Waals surface area (Å²) in [5, 5.41) is 2.40. The number of aryl methyl sites for hydroxylation is 1. The van der Waals surface area contributed by atoms with E-state index in [-0.39, 0.29) is 11.7 Å². The standard InChI is InChI=1S/C18H19N3O4S/c1-12-7-3-5-9-14(12)25-11-16(22)20-21-18(26)19-17(23)13-8-4-6-10-15(13)24-2/h3-10H,11H2,1-2H3,(H,20,22)(H2,19,21,23,26). The van der Waals surface area contributed by atoms with Crippen LogP contribution in [0.2, 0.25) is 0 Å². The van der Waals surface area contributed by atoms with Crippen LogP contribution in [0.25, 0.3) is 0 Å². The van der Waals surface area contributed by atoms with Gasteiger partial charge in [-0.2, -0.15) is 0 Å². The van der Waals surface area contributed by atoms with E-state index >= 15 is 0 Å². The predicted molar refractivity (Wildman–Crippen MR) is 101 cm³/mol. The molecule has 0 aliphatic carbocycles. The van der Waals surface area contributed by atoms with Gasteiger partial charge in [-0.25, -0.2) is 0 Å². The number of nitrogens with one attached hydrogen (secondary N) is 3. The van der Waals surface area contributed by atoms with Gasteiger partial charge in [0.15, 0.2) is 11.7 Å². The first kappa shape index (κ1) is 19.2. The van der Waals surface area contributed by atoms with Gasteiger partial charge in [0.25, 0.3) is 11.8 Å². The number of hydrogen-bond donors (Lipinski definition) is 3. The van der Waals surface area contributed by atoms with Gasteiger partial charge in [0, 0.05) is 0 Å². The van der Waals surface area contributed by atoms with Gasteiger partial charge in [0.1, 0.15) is 11.5 Å². The summed E-state index contributed by atoms with van der Waals surface area (Å²) in [6, 6.07) is 14.1. The van der Waals surface area contributed by atoms with Gasteiger partial charge in [-0.05, 0) is 42.9 Å². The van der Waals surface area contributed by atoms with Crippen molar-refractivity contribution in [3.8, 4) is 11.5 Å². The first-order chi connectivity index (χ1) is 12.5. The van der Waals surface area contributed by atoms with E-state index in [4.69, 9.17) is 21.7 Å². The summed E-state index contributed by atoms with van der Waals surface area (Å²) in [6.07, 6.45) is 0. The Hall–Kier alpha value is -3.13. The predicted octanol–water partition coefficient (Wildman–Crippen LogP) is 1.72. The maximum absolute atomic E-state index is 12.2. The maximum Gasteiger partial charge on any atom is 0.276 e. The lowest BCUT2D eigenvalue weighted by molar-refractivity contribution is -0.123. The average Bonchev–Trinajstić information content (AvgIpc) is 2.65. The van der Waals surface area contributed by atoms with Gasteiger partial charge in [-0.1, -0.05) is 30.3 Å². The van der Waals surface area contributed by atoms with E-state index in [0.717, 1.165) is 5.56 Å². The fourth-order valence-corrected chi connectivity index (χ4v) is 2.20. The first-order valence-electron chi connectivity index (χ1n) is 7.73. The van der Waals surface area contributed by atoms with Crippen LogP contribution in [0.1, 0.15) is 15.9 Å². The Morgan fingerprint density at radius 2 is 1.65 bits per heavy atom. The van der Waals surface area contributed by atoms with E-state index in [1.807, 2.05) is 25.1 Å². The van der Waals surface area contributed by atoms with E-state index in [1.54, 1.807) is 30.3 Å². The average molecular weight is 373 g/mol. The quantitative estimate of drug-likeness (QED) is 0.546. The van der Waals surface area contributed by atoms with Gasteiger partial charge in [-0.3, -0.25) is 25.8 Å². The zero-order valence-electron chi connectivity index (χ0n) is 14.4. The third-order valence-corrected chi connectivity index (χ3v) is 3.55. The summed E-state index contributed by atoms with van der Waals surface area (Å²) in [4.78, 5) is 24.0. The second kappa shape index (κ2) is 9.38. The van der Waals surface area contributed by atoms with Gasteiger partial charge in [0.05, 0.1) is 12.7 Å². The maximum atomic E-state index is 12.2. The van der Waals surface area contributed by atoms with Crippen molar-refractivity contribution in [3.05, 3.63) is 59.7 Å². The molecule has 0 aromatic heterocycles. The minimum absolute atomic E-state index is 0.0508. The van der Waals surface area contributed by atoms with Crippen molar-refractivity contribution in [2.24, 2.45) is 0 Å². The monoisotopic (exact) mass is 373 g/mol. The van der Waals surface area contributed by atoms with Crippen LogP contribution >= 0.6 is 12.2 Å². The summed E-state index contributed by atoms with van der Waals surface area (Å²) >= 11 is 4.99. The molecule has 0 aliphatic rings. The van der Waals surface area contributed by atoms with Crippen molar-refractivity contribution in [2.45, 2.75) is 6.92 Å². The number of carbonyl (C=O) groups excluding carboxylic acids is 2. The Morgan fingerprint density at radius 3 is 2.35 bits per heavy atom. The Morgan fingerprint density at radius 1 is 1.00 bits per heavy atom. The van der Waals surface area contributed by atoms with E-state index in [0.29, 0.717) is 17.1 Å². The third-order valence-electron chi connectivity index (χ3n) is 3.35. The zero-order chi connectivity index (χ0) is 18.9. The van der Waals surface area contributed by atoms with Crippen LogP contribution in [0.4, 0.5) is 0 Å². The molecule has 0 saturated carbocycles. The zero-order valence-corrected chi connectivity index (χ0v) is 15.2. The molecule has 2 aromatic rings. The second-order valence-corrected chi connectivity index (χ2v) is 5.62. The normalized spacial score (nSPS) is 9.77. The van der Waals surface area contributed by atoms with Crippen LogP contribution in [-0.4, -0.2) is 30.6 Å². The van der Waals surface area contributed by atoms with Crippen molar-refractivity contribution in [3.63, 3.8) is 0 Å². The van der Waals surface area contributed by atoms with E-state index in [9.17, 15) is 9.59 Å². The molecule has 0 atom stereocenters. The molecule has 0 heterocycles. The van der Waals surface area contributed by atoms with Crippen molar-refractivity contribution in [1.29, 1.82) is 0 Å². The smallest absolute Gasteiger partial charge is 0.276 e. The molecule has 8 heteroatoms. The Balaban J connectivity index is 1.78. The highest BCUT2D eigenvalue weighted by molar-refractivity contribution is 7.80. The summed E-state index contributed by atoms with van der Waals surface area (Å²) in [7, 11) is 1.47. The fourth-order valence-electron chi connectivity index (χ4n) is 2.06. The third kappa shape index (κ3) is 5.45. The summed E-state index contributed by atoms with van der Waals surface area (Å²) in [5.74, 6) is 0.144. The van der Waals surface area contributed by atoms with Crippen molar-refractivity contribution >= 4 is 29.1 Å². The molecule has 3 N–H and O–H groups in total. The van der Waals surface area contributed by atoms with Crippen LogP contribution < -0.4 is 25.6 Å².